The van der Waals surface area contributed by atoms with Gasteiger partial charge < -0.3 is 15.5 Å². The zero-order chi connectivity index (χ0) is 10.5. The topological polar surface area (TPSA) is 81.8 Å². The summed E-state index contributed by atoms with van der Waals surface area (Å²) in [5.74, 6) is -0.392. The average molecular weight is 198 g/mol. The minimum atomic E-state index is -0.671. The van der Waals surface area contributed by atoms with Gasteiger partial charge in [-0.25, -0.2) is 9.59 Å². The summed E-state index contributed by atoms with van der Waals surface area (Å²) < 4.78 is 0. The second kappa shape index (κ2) is 2.60. The zero-order valence-corrected chi connectivity index (χ0v) is 7.77. The summed E-state index contributed by atoms with van der Waals surface area (Å²) in [6.45, 7) is 0. The second-order valence-electron chi connectivity index (χ2n) is 3.33. The summed E-state index contributed by atoms with van der Waals surface area (Å²) in [5.41, 5.74) is 0. The maximum absolute atomic E-state index is 11.5. The number of fused-ring (bicyclic) bond motifs is 1. The maximum atomic E-state index is 11.5. The first-order valence-corrected chi connectivity index (χ1v) is 4.14. The number of hydrogen-bond donors (Lipinski definition) is 2. The van der Waals surface area contributed by atoms with Crippen LogP contribution in [0.1, 0.15) is 0 Å². The van der Waals surface area contributed by atoms with E-state index in [9.17, 15) is 14.4 Å². The van der Waals surface area contributed by atoms with E-state index >= 15 is 0 Å². The Morgan fingerprint density at radius 1 is 1.14 bits per heavy atom. The van der Waals surface area contributed by atoms with Crippen molar-refractivity contribution in [2.24, 2.45) is 0 Å². The van der Waals surface area contributed by atoms with Crippen LogP contribution in [0.4, 0.5) is 9.59 Å². The number of carbonyl (C=O) groups is 3. The molecule has 0 aliphatic carbocycles. The van der Waals surface area contributed by atoms with Gasteiger partial charge in [0.25, 0.3) is 5.91 Å². The van der Waals surface area contributed by atoms with Gasteiger partial charge >= 0.3 is 12.1 Å². The van der Waals surface area contributed by atoms with E-state index in [-0.39, 0.29) is 0 Å². The van der Waals surface area contributed by atoms with Gasteiger partial charge in [0.05, 0.1) is 0 Å². The Balaban J connectivity index is 2.32. The number of amides is 5. The van der Waals surface area contributed by atoms with Crippen LogP contribution in [0.2, 0.25) is 0 Å². The molecule has 2 heterocycles. The lowest BCUT2D eigenvalue weighted by Gasteiger charge is -2.36. The van der Waals surface area contributed by atoms with Gasteiger partial charge in [-0.05, 0) is 0 Å². The summed E-state index contributed by atoms with van der Waals surface area (Å²) in [6, 6.07) is -1.52. The highest BCUT2D eigenvalue weighted by molar-refractivity contribution is 6.03. The average Bonchev–Trinajstić information content (AvgIpc) is 2.54. The third-order valence-electron chi connectivity index (χ3n) is 2.48. The van der Waals surface area contributed by atoms with E-state index in [1.807, 2.05) is 0 Å². The SMILES string of the molecule is CN1C(=O)[C@@H]2NC(=O)N[C@@H]2N(C)C1=O. The highest BCUT2D eigenvalue weighted by atomic mass is 16.2. The van der Waals surface area contributed by atoms with Crippen molar-refractivity contribution in [1.82, 2.24) is 20.4 Å². The second-order valence-corrected chi connectivity index (χ2v) is 3.33. The van der Waals surface area contributed by atoms with Gasteiger partial charge in [-0.15, -0.1) is 0 Å². The molecule has 2 fully saturated rings. The van der Waals surface area contributed by atoms with Crippen molar-refractivity contribution in [2.75, 3.05) is 14.1 Å². The van der Waals surface area contributed by atoms with Crippen LogP contribution in [-0.2, 0) is 4.79 Å². The molecule has 0 saturated carbocycles. The number of likely N-dealkylation sites (N-methyl/N-ethyl adjacent to an activating group) is 2. The molecule has 0 unspecified atom stereocenters. The van der Waals surface area contributed by atoms with Gasteiger partial charge in [0, 0.05) is 14.1 Å². The maximum Gasteiger partial charge on any atom is 0.327 e. The fourth-order valence-corrected chi connectivity index (χ4v) is 1.66. The van der Waals surface area contributed by atoms with Crippen LogP contribution in [0.15, 0.2) is 0 Å². The molecule has 2 N–H and O–H groups in total. The Hall–Kier alpha value is -1.79. The van der Waals surface area contributed by atoms with Gasteiger partial charge in [0.2, 0.25) is 0 Å². The molecule has 0 spiro atoms. The van der Waals surface area contributed by atoms with Crippen LogP contribution in [0.25, 0.3) is 0 Å². The van der Waals surface area contributed by atoms with E-state index in [0.717, 1.165) is 4.90 Å². The van der Waals surface area contributed by atoms with Gasteiger partial charge in [-0.1, -0.05) is 0 Å². The lowest BCUT2D eigenvalue weighted by Crippen LogP contribution is -2.64. The molecule has 0 aromatic rings. The Morgan fingerprint density at radius 2 is 1.79 bits per heavy atom. The molecule has 2 aliphatic heterocycles. The normalized spacial score (nSPS) is 31.4. The third kappa shape index (κ3) is 0.949. The van der Waals surface area contributed by atoms with E-state index < -0.39 is 30.2 Å². The lowest BCUT2D eigenvalue weighted by molar-refractivity contribution is -0.133. The summed E-state index contributed by atoms with van der Waals surface area (Å²) in [4.78, 5) is 36.3. The fourth-order valence-electron chi connectivity index (χ4n) is 1.66. The van der Waals surface area contributed by atoms with Crippen LogP contribution in [0, 0.1) is 0 Å². The molecule has 7 nitrogen and oxygen atoms in total. The highest BCUT2D eigenvalue weighted by Gasteiger charge is 2.48. The molecule has 5 amide bonds. The molecule has 0 aromatic heterocycles. The molecule has 2 rings (SSSR count). The van der Waals surface area contributed by atoms with Gasteiger partial charge in [0.1, 0.15) is 12.2 Å². The minimum Gasteiger partial charge on any atom is -0.323 e. The van der Waals surface area contributed by atoms with Gasteiger partial charge in [0.15, 0.2) is 0 Å². The van der Waals surface area contributed by atoms with Gasteiger partial charge in [-0.3, -0.25) is 9.69 Å². The Morgan fingerprint density at radius 3 is 2.43 bits per heavy atom. The highest BCUT2D eigenvalue weighted by Crippen LogP contribution is 2.16. The van der Waals surface area contributed by atoms with E-state index in [1.165, 1.54) is 19.0 Å². The lowest BCUT2D eigenvalue weighted by atomic mass is 10.1. The number of rotatable bonds is 0. The van der Waals surface area contributed by atoms with E-state index in [1.54, 1.807) is 0 Å². The van der Waals surface area contributed by atoms with Crippen LogP contribution >= 0.6 is 0 Å². The van der Waals surface area contributed by atoms with Gasteiger partial charge in [-0.2, -0.15) is 0 Å². The molecular weight excluding hydrogens is 188 g/mol. The largest absolute Gasteiger partial charge is 0.327 e. The molecule has 2 saturated heterocycles. The molecule has 0 bridgehead atoms. The van der Waals surface area contributed by atoms with Crippen molar-refractivity contribution < 1.29 is 14.4 Å². The number of hydrogen-bond acceptors (Lipinski definition) is 3. The van der Waals surface area contributed by atoms with Crippen LogP contribution < -0.4 is 10.6 Å². The molecule has 0 radical (unpaired) electrons. The van der Waals surface area contributed by atoms with E-state index in [4.69, 9.17) is 0 Å². The van der Waals surface area contributed by atoms with Crippen molar-refractivity contribution >= 4 is 18.0 Å². The predicted molar refractivity (Wildman–Crippen MR) is 45.2 cm³/mol. The number of imide groups is 1. The molecule has 7 heteroatoms. The first-order chi connectivity index (χ1) is 6.52. The first-order valence-electron chi connectivity index (χ1n) is 4.14. The monoisotopic (exact) mass is 198 g/mol. The van der Waals surface area contributed by atoms with Crippen molar-refractivity contribution in [3.63, 3.8) is 0 Å². The fraction of sp³-hybridized carbons (Fsp3) is 0.571. The van der Waals surface area contributed by atoms with Crippen molar-refractivity contribution in [3.8, 4) is 0 Å². The molecule has 2 atom stereocenters. The van der Waals surface area contributed by atoms with Crippen LogP contribution in [-0.4, -0.2) is 54.1 Å². The standard InChI is InChI=1S/C7H10N4O3/c1-10-4-3(8-6(13)9-4)5(12)11(2)7(10)14/h3-4H,1-2H3,(H2,8,9,13)/t3-,4-/m1/s1. The molecule has 14 heavy (non-hydrogen) atoms. The number of carbonyl (C=O) groups excluding carboxylic acids is 3. The molecule has 0 aromatic carbocycles. The van der Waals surface area contributed by atoms with Crippen LogP contribution in [0.3, 0.4) is 0 Å². The quantitative estimate of drug-likeness (QED) is 0.498. The summed E-state index contributed by atoms with van der Waals surface area (Å²) in [7, 11) is 2.93. The molecule has 2 aliphatic rings. The minimum absolute atomic E-state index is 0.392. The molecular formula is C7H10N4O3. The summed E-state index contributed by atoms with van der Waals surface area (Å²) in [6.07, 6.45) is -0.571. The Bertz CT molecular complexity index is 329. The number of nitrogens with zero attached hydrogens (tertiary/aromatic N) is 2. The van der Waals surface area contributed by atoms with E-state index in [2.05, 4.69) is 10.6 Å². The number of nitrogens with one attached hydrogen (secondary N) is 2. The molecule has 76 valence electrons. The van der Waals surface area contributed by atoms with Crippen LogP contribution in [0.5, 0.6) is 0 Å². The van der Waals surface area contributed by atoms with Crippen molar-refractivity contribution in [1.29, 1.82) is 0 Å². The van der Waals surface area contributed by atoms with Crippen molar-refractivity contribution in [2.45, 2.75) is 12.2 Å². The summed E-state index contributed by atoms with van der Waals surface area (Å²) in [5, 5.41) is 4.95. The Kier molecular flexibility index (Phi) is 1.63. The first kappa shape index (κ1) is 8.79. The third-order valence-corrected chi connectivity index (χ3v) is 2.48. The number of urea groups is 2. The smallest absolute Gasteiger partial charge is 0.323 e. The zero-order valence-electron chi connectivity index (χ0n) is 7.77. The predicted octanol–water partition coefficient (Wildman–Crippen LogP) is -1.48. The summed E-state index contributed by atoms with van der Waals surface area (Å²) >= 11 is 0. The Labute approximate surface area is 80.0 Å². The van der Waals surface area contributed by atoms with Crippen molar-refractivity contribution in [3.05, 3.63) is 0 Å². The van der Waals surface area contributed by atoms with E-state index in [0.29, 0.717) is 0 Å².